The summed E-state index contributed by atoms with van der Waals surface area (Å²) in [4.78, 5) is 86.9. The summed E-state index contributed by atoms with van der Waals surface area (Å²) in [6.45, 7) is 10.5. The molecule has 8 rings (SSSR count). The van der Waals surface area contributed by atoms with E-state index in [9.17, 15) is 24.0 Å². The molecule has 21 heteroatoms. The van der Waals surface area contributed by atoms with Crippen LogP contribution in [0.25, 0.3) is 32.9 Å². The van der Waals surface area contributed by atoms with E-state index in [1.165, 1.54) is 82.7 Å². The maximum absolute atomic E-state index is 18.1. The summed E-state index contributed by atoms with van der Waals surface area (Å²) in [5, 5.41) is 0.486. The van der Waals surface area contributed by atoms with Gasteiger partial charge in [-0.3, -0.25) is 29.2 Å². The van der Waals surface area contributed by atoms with Crippen molar-refractivity contribution < 1.29 is 70.3 Å². The maximum atomic E-state index is 18.1. The number of nitrogens with zero attached hydrogens (tertiary/aromatic N) is 6. The smallest absolute Gasteiger partial charge is 0.462 e. The van der Waals surface area contributed by atoms with Gasteiger partial charge in [0.25, 0.3) is 0 Å². The maximum Gasteiger partial charge on any atom is 0.514 e. The van der Waals surface area contributed by atoms with E-state index in [4.69, 9.17) is 44.6 Å². The summed E-state index contributed by atoms with van der Waals surface area (Å²) in [6, 6.07) is 4.26. The Labute approximate surface area is 547 Å². The second-order valence-corrected chi connectivity index (χ2v) is 26.0. The number of pyridine rings is 1. The van der Waals surface area contributed by atoms with Crippen LogP contribution in [-0.4, -0.2) is 137 Å². The van der Waals surface area contributed by atoms with Gasteiger partial charge in [-0.1, -0.05) is 155 Å². The molecule has 0 saturated carbocycles. The number of alkyl halides is 1. The molecular weight excluding hydrogens is 1200 g/mol. The molecule has 2 bridgehead atoms. The van der Waals surface area contributed by atoms with E-state index >= 15 is 13.2 Å². The summed E-state index contributed by atoms with van der Waals surface area (Å²) < 4.78 is 89.5. The number of ether oxygens (including phenoxy) is 7. The number of benzene rings is 2. The van der Waals surface area contributed by atoms with Gasteiger partial charge in [0.15, 0.2) is 11.9 Å². The number of hydrogen-bond donors (Lipinski definition) is 0. The van der Waals surface area contributed by atoms with Gasteiger partial charge < -0.3 is 38.1 Å². The van der Waals surface area contributed by atoms with Gasteiger partial charge in [-0.05, 0) is 81.5 Å². The van der Waals surface area contributed by atoms with Crippen LogP contribution < -0.4 is 14.4 Å². The SMILES string of the molecule is C#Cc1c(F)ccc2cc(OC(=O)OC(COC(=O)CCCCCCCCCCC)COC(=O)CCCCCCCCCCC)cc(-c3ncc4c(N5CC6CCC(C5)N6C(=O)OC(C)OC(=O)C(CCC)CCC)nc(OC[C@@]56CCCN5C[C@H](F)C6)nc4c3F)c12. The lowest BCUT2D eigenvalue weighted by Gasteiger charge is -2.41. The molecule has 5 atom stereocenters. The topological polar surface area (TPSA) is 198 Å². The van der Waals surface area contributed by atoms with E-state index in [-0.39, 0.29) is 120 Å². The van der Waals surface area contributed by atoms with E-state index in [0.717, 1.165) is 76.7 Å². The van der Waals surface area contributed by atoms with Gasteiger partial charge in [0.2, 0.25) is 6.29 Å². The lowest BCUT2D eigenvalue weighted by Crippen LogP contribution is -2.56. The molecule has 4 aromatic rings. The molecular formula is C72H99F3N6O12. The minimum atomic E-state index is -1.27. The van der Waals surface area contributed by atoms with Gasteiger partial charge in [0.1, 0.15) is 54.6 Å². The molecule has 6 heterocycles. The third-order valence-electron chi connectivity index (χ3n) is 18.8. The van der Waals surface area contributed by atoms with Crippen LogP contribution in [0.2, 0.25) is 0 Å². The number of hydrogen-bond acceptors (Lipinski definition) is 17. The van der Waals surface area contributed by atoms with Crippen molar-refractivity contribution in [2.45, 2.75) is 257 Å². The van der Waals surface area contributed by atoms with Crippen LogP contribution in [-0.2, 0) is 38.1 Å². The number of unbranched alkanes of at least 4 members (excludes halogenated alkanes) is 16. The molecule has 3 unspecified atom stereocenters. The van der Waals surface area contributed by atoms with Crippen LogP contribution in [0.1, 0.15) is 226 Å². The van der Waals surface area contributed by atoms with E-state index in [2.05, 4.69) is 34.6 Å². The molecule has 4 aliphatic rings. The highest BCUT2D eigenvalue weighted by atomic mass is 19.1. The van der Waals surface area contributed by atoms with Crippen molar-refractivity contribution in [3.63, 3.8) is 0 Å². The van der Waals surface area contributed by atoms with E-state index < -0.39 is 79.1 Å². The molecule has 2 aromatic carbocycles. The molecule has 93 heavy (non-hydrogen) atoms. The third-order valence-corrected chi connectivity index (χ3v) is 18.8. The van der Waals surface area contributed by atoms with E-state index in [1.54, 1.807) is 4.90 Å². The van der Waals surface area contributed by atoms with Gasteiger partial charge >= 0.3 is 36.2 Å². The number of amides is 1. The number of fused-ring (bicyclic) bond motifs is 5. The quantitative estimate of drug-likeness (QED) is 0.0102. The van der Waals surface area contributed by atoms with Crippen LogP contribution in [0.4, 0.5) is 28.6 Å². The second-order valence-electron chi connectivity index (χ2n) is 26.0. The Morgan fingerprint density at radius 2 is 1.34 bits per heavy atom. The number of aromatic nitrogens is 3. The first kappa shape index (κ1) is 71.9. The first-order chi connectivity index (χ1) is 45.1. The molecule has 4 saturated heterocycles. The Hall–Kier alpha value is -6.95. The highest BCUT2D eigenvalue weighted by Gasteiger charge is 2.50. The summed E-state index contributed by atoms with van der Waals surface area (Å²) in [5.74, 6) is -0.998. The predicted molar refractivity (Wildman–Crippen MR) is 349 cm³/mol. The fraction of sp³-hybridized carbons (Fsp3) is 0.667. The zero-order chi connectivity index (χ0) is 66.3. The monoisotopic (exact) mass is 1300 g/mol. The molecule has 1 amide bonds. The Bertz CT molecular complexity index is 3130. The summed E-state index contributed by atoms with van der Waals surface area (Å²) in [7, 11) is 0. The number of esters is 3. The summed E-state index contributed by atoms with van der Waals surface area (Å²) in [6.07, 6.45) is 27.4. The van der Waals surface area contributed by atoms with E-state index in [0.29, 0.717) is 51.5 Å². The van der Waals surface area contributed by atoms with Crippen molar-refractivity contribution in [3.8, 4) is 35.4 Å². The lowest BCUT2D eigenvalue weighted by atomic mass is 9.95. The number of rotatable bonds is 38. The minimum Gasteiger partial charge on any atom is -0.462 e. The van der Waals surface area contributed by atoms with Gasteiger partial charge in [-0.25, -0.2) is 22.8 Å². The second kappa shape index (κ2) is 36.1. The fourth-order valence-corrected chi connectivity index (χ4v) is 13.9. The minimum absolute atomic E-state index is 0.0263. The average Bonchev–Trinajstić information content (AvgIpc) is 1.14. The number of piperazine rings is 1. The fourth-order valence-electron chi connectivity index (χ4n) is 13.9. The molecule has 18 nitrogen and oxygen atoms in total. The third kappa shape index (κ3) is 19.8. The number of halogens is 3. The Kier molecular flexibility index (Phi) is 27.9. The largest absolute Gasteiger partial charge is 0.514 e. The van der Waals surface area contributed by atoms with Crippen molar-refractivity contribution in [2.75, 3.05) is 50.9 Å². The van der Waals surface area contributed by atoms with E-state index in [1.807, 2.05) is 18.7 Å². The van der Waals surface area contributed by atoms with Crippen LogP contribution in [0.15, 0.2) is 30.5 Å². The van der Waals surface area contributed by atoms with Crippen LogP contribution in [0, 0.1) is 29.9 Å². The Morgan fingerprint density at radius 1 is 0.742 bits per heavy atom. The lowest BCUT2D eigenvalue weighted by molar-refractivity contribution is -0.172. The number of anilines is 1. The predicted octanol–water partition coefficient (Wildman–Crippen LogP) is 15.8. The average molecular weight is 1300 g/mol. The first-order valence-corrected chi connectivity index (χ1v) is 34.8. The first-order valence-electron chi connectivity index (χ1n) is 34.8. The number of carbonyl (C=O) groups excluding carboxylic acids is 5. The molecule has 4 fully saturated rings. The summed E-state index contributed by atoms with van der Waals surface area (Å²) >= 11 is 0. The highest BCUT2D eigenvalue weighted by Crippen LogP contribution is 2.43. The standard InChI is InChI=1S/C72H99F3N6O12/c1-7-12-14-16-18-20-22-24-26-31-61(82)87-46-56(47-88-62(83)32-27-25-23-21-19-17-15-13-8-2)93-71(86)92-55-39-51-33-36-60(74)57(11-5)63(51)58(40-55)65-64(75)66-59(42-76-65)67(78-69(77-66)89-48-72-37-28-38-80(72)43-52(73)41-72)79-44-53-34-35-54(45-79)81(53)70(85)91-49(6)90-68(84)50(29-9-3)30-10-4/h5,33,36,39-40,42,49-50,52-54,56H,7-10,12-32,34-35,37-38,41,43-48H2,1-4,6H3/t49?,52-,53?,54?,72+/m1/s1. The summed E-state index contributed by atoms with van der Waals surface area (Å²) in [5.41, 5.74) is -1.50. The Morgan fingerprint density at radius 3 is 1.94 bits per heavy atom. The highest BCUT2D eigenvalue weighted by molar-refractivity contribution is 6.03. The Balaban J connectivity index is 1.04. The molecule has 0 aliphatic carbocycles. The van der Waals surface area contributed by atoms with Gasteiger partial charge in [-0.2, -0.15) is 9.97 Å². The zero-order valence-corrected chi connectivity index (χ0v) is 55.6. The normalized spacial score (nSPS) is 18.9. The van der Waals surface area contributed by atoms with Crippen LogP contribution in [0.5, 0.6) is 11.8 Å². The molecule has 0 spiro atoms. The van der Waals surface area contributed by atoms with Crippen molar-refractivity contribution in [1.82, 2.24) is 24.8 Å². The van der Waals surface area contributed by atoms with Gasteiger partial charge in [0.05, 0.1) is 34.5 Å². The van der Waals surface area contributed by atoms with Gasteiger partial charge in [0, 0.05) is 63.0 Å². The number of terminal acetylenes is 1. The van der Waals surface area contributed by atoms with Crippen LogP contribution in [0.3, 0.4) is 0 Å². The molecule has 0 radical (unpaired) electrons. The van der Waals surface area contributed by atoms with Crippen molar-refractivity contribution in [2.24, 2.45) is 5.92 Å². The molecule has 510 valence electrons. The van der Waals surface area contributed by atoms with Gasteiger partial charge in [-0.15, -0.1) is 6.42 Å². The van der Waals surface area contributed by atoms with Crippen molar-refractivity contribution >= 4 is 57.6 Å². The van der Waals surface area contributed by atoms with Crippen LogP contribution >= 0.6 is 0 Å². The molecule has 0 N–H and O–H groups in total. The molecule has 2 aromatic heterocycles. The number of carbonyl (C=O) groups is 5. The molecule has 4 aliphatic heterocycles. The zero-order valence-electron chi connectivity index (χ0n) is 55.6. The van der Waals surface area contributed by atoms with Crippen molar-refractivity contribution in [1.29, 1.82) is 0 Å². The van der Waals surface area contributed by atoms with Crippen molar-refractivity contribution in [3.05, 3.63) is 47.7 Å².